The number of aliphatic hydroxyl groups excluding tert-OH is 1. The summed E-state index contributed by atoms with van der Waals surface area (Å²) in [5, 5.41) is 19.5. The van der Waals surface area contributed by atoms with E-state index >= 15 is 0 Å². The lowest BCUT2D eigenvalue weighted by molar-refractivity contribution is 0.0470. The highest BCUT2D eigenvalue weighted by Crippen LogP contribution is 2.29. The molecule has 1 fully saturated rings. The van der Waals surface area contributed by atoms with Gasteiger partial charge in [-0.25, -0.2) is 0 Å². The largest absolute Gasteiger partial charge is 0.507 e. The molecule has 0 aliphatic carbocycles. The van der Waals surface area contributed by atoms with Gasteiger partial charge >= 0.3 is 0 Å². The van der Waals surface area contributed by atoms with Gasteiger partial charge in [0.15, 0.2) is 0 Å². The van der Waals surface area contributed by atoms with Gasteiger partial charge in [-0.3, -0.25) is 9.80 Å². The first-order chi connectivity index (χ1) is 11.0. The molecule has 5 heteroatoms. The van der Waals surface area contributed by atoms with Crippen LogP contribution >= 0.6 is 0 Å². The van der Waals surface area contributed by atoms with Gasteiger partial charge in [-0.2, -0.15) is 0 Å². The Kier molecular flexibility index (Phi) is 6.69. The zero-order valence-corrected chi connectivity index (χ0v) is 14.5. The molecule has 0 spiro atoms. The number of ether oxygens (including phenoxy) is 1. The summed E-state index contributed by atoms with van der Waals surface area (Å²) in [4.78, 5) is 4.83. The topological polar surface area (TPSA) is 56.2 Å². The van der Waals surface area contributed by atoms with Crippen LogP contribution in [0.15, 0.2) is 18.2 Å². The summed E-state index contributed by atoms with van der Waals surface area (Å²) in [6.07, 6.45) is 0.793. The number of benzene rings is 1. The number of nitrogens with zero attached hydrogens (tertiary/aromatic N) is 2. The zero-order chi connectivity index (χ0) is 16.8. The number of phenols is 1. The highest BCUT2D eigenvalue weighted by Gasteiger charge is 2.27. The standard InChI is InChI=1S/C18H30N2O3/c1-14(2)11-20-9-8-19(12-15(20)7-10-21)13-16-17(22)5-4-6-18(16)23-3/h4-6,14-15,21-22H,7-13H2,1-3H3. The molecule has 2 rings (SSSR count). The van der Waals surface area contributed by atoms with E-state index in [0.717, 1.165) is 43.9 Å². The minimum Gasteiger partial charge on any atom is -0.507 e. The molecule has 0 aromatic heterocycles. The normalized spacial score (nSPS) is 20.1. The first-order valence-electron chi connectivity index (χ1n) is 8.47. The lowest BCUT2D eigenvalue weighted by Crippen LogP contribution is -2.53. The van der Waals surface area contributed by atoms with Crippen LogP contribution < -0.4 is 4.74 Å². The Hall–Kier alpha value is -1.30. The van der Waals surface area contributed by atoms with Gasteiger partial charge in [-0.05, 0) is 24.5 Å². The van der Waals surface area contributed by atoms with Crippen molar-refractivity contribution >= 4 is 0 Å². The van der Waals surface area contributed by atoms with E-state index in [1.165, 1.54) is 0 Å². The van der Waals surface area contributed by atoms with Gasteiger partial charge in [0.1, 0.15) is 11.5 Å². The molecule has 23 heavy (non-hydrogen) atoms. The third kappa shape index (κ3) is 4.83. The van der Waals surface area contributed by atoms with E-state index in [0.29, 0.717) is 18.5 Å². The van der Waals surface area contributed by atoms with Crippen molar-refractivity contribution in [2.45, 2.75) is 32.9 Å². The van der Waals surface area contributed by atoms with Crippen molar-refractivity contribution in [1.29, 1.82) is 0 Å². The Labute approximate surface area is 139 Å². The molecule has 1 aliphatic heterocycles. The fourth-order valence-corrected chi connectivity index (χ4v) is 3.36. The van der Waals surface area contributed by atoms with Crippen LogP contribution in [-0.2, 0) is 6.54 Å². The maximum absolute atomic E-state index is 10.1. The highest BCUT2D eigenvalue weighted by atomic mass is 16.5. The van der Waals surface area contributed by atoms with Gasteiger partial charge in [-0.15, -0.1) is 0 Å². The van der Waals surface area contributed by atoms with Gasteiger partial charge in [0.05, 0.1) is 7.11 Å². The summed E-state index contributed by atoms with van der Waals surface area (Å²) in [7, 11) is 1.63. The molecule has 1 atom stereocenters. The van der Waals surface area contributed by atoms with Crippen LogP contribution in [0.5, 0.6) is 11.5 Å². The maximum atomic E-state index is 10.1. The molecular weight excluding hydrogens is 292 g/mol. The monoisotopic (exact) mass is 322 g/mol. The minimum absolute atomic E-state index is 0.215. The zero-order valence-electron chi connectivity index (χ0n) is 14.5. The third-order valence-corrected chi connectivity index (χ3v) is 4.46. The molecule has 1 aromatic carbocycles. The number of aromatic hydroxyl groups is 1. The molecule has 1 aliphatic rings. The maximum Gasteiger partial charge on any atom is 0.127 e. The smallest absolute Gasteiger partial charge is 0.127 e. The summed E-state index contributed by atoms with van der Waals surface area (Å²) < 4.78 is 5.38. The summed E-state index contributed by atoms with van der Waals surface area (Å²) in [5.41, 5.74) is 0.843. The molecule has 0 bridgehead atoms. The number of phenolic OH excluding ortho intramolecular Hbond substituents is 1. The second-order valence-corrected chi connectivity index (χ2v) is 6.75. The van der Waals surface area contributed by atoms with Crippen molar-refractivity contribution in [1.82, 2.24) is 9.80 Å². The number of hydrogen-bond donors (Lipinski definition) is 2. The van der Waals surface area contributed by atoms with Crippen molar-refractivity contribution in [2.24, 2.45) is 5.92 Å². The number of aliphatic hydroxyl groups is 1. The van der Waals surface area contributed by atoms with Crippen LogP contribution in [0.4, 0.5) is 0 Å². The summed E-state index contributed by atoms with van der Waals surface area (Å²) in [6, 6.07) is 5.76. The fourth-order valence-electron chi connectivity index (χ4n) is 3.36. The van der Waals surface area contributed by atoms with Crippen molar-refractivity contribution < 1.29 is 14.9 Å². The molecule has 1 aromatic rings. The number of rotatable bonds is 7. The minimum atomic E-state index is 0.215. The number of piperazine rings is 1. The van der Waals surface area contributed by atoms with Crippen molar-refractivity contribution in [3.8, 4) is 11.5 Å². The molecule has 1 saturated heterocycles. The predicted molar refractivity (Wildman–Crippen MR) is 91.8 cm³/mol. The SMILES string of the molecule is COc1cccc(O)c1CN1CCN(CC(C)C)C(CCO)C1. The van der Waals surface area contributed by atoms with Gasteiger partial charge in [0.25, 0.3) is 0 Å². The second-order valence-electron chi connectivity index (χ2n) is 6.75. The Morgan fingerprint density at radius 2 is 2.09 bits per heavy atom. The van der Waals surface area contributed by atoms with E-state index in [1.807, 2.05) is 6.07 Å². The summed E-state index contributed by atoms with van der Waals surface area (Å²) in [5.74, 6) is 1.64. The van der Waals surface area contributed by atoms with Crippen molar-refractivity contribution in [3.63, 3.8) is 0 Å². The second kappa shape index (κ2) is 8.52. The lowest BCUT2D eigenvalue weighted by atomic mass is 10.0. The van der Waals surface area contributed by atoms with Crippen LogP contribution in [0.1, 0.15) is 25.8 Å². The van der Waals surface area contributed by atoms with Crippen LogP contribution in [0.25, 0.3) is 0 Å². The molecule has 1 unspecified atom stereocenters. The van der Waals surface area contributed by atoms with E-state index in [4.69, 9.17) is 4.74 Å². The quantitative estimate of drug-likeness (QED) is 0.803. The summed E-state index contributed by atoms with van der Waals surface area (Å²) in [6.45, 7) is 9.29. The van der Waals surface area contributed by atoms with Gasteiger partial charge in [-0.1, -0.05) is 19.9 Å². The van der Waals surface area contributed by atoms with Gasteiger partial charge in [0, 0.05) is 50.9 Å². The van der Waals surface area contributed by atoms with Crippen LogP contribution in [-0.4, -0.2) is 66.0 Å². The van der Waals surface area contributed by atoms with E-state index in [1.54, 1.807) is 19.2 Å². The molecule has 1 heterocycles. The van der Waals surface area contributed by atoms with Gasteiger partial charge < -0.3 is 14.9 Å². The molecule has 0 saturated carbocycles. The third-order valence-electron chi connectivity index (χ3n) is 4.46. The average Bonchev–Trinajstić information content (AvgIpc) is 2.51. The van der Waals surface area contributed by atoms with E-state index in [2.05, 4.69) is 23.6 Å². The van der Waals surface area contributed by atoms with Crippen molar-refractivity contribution in [2.75, 3.05) is 39.9 Å². The molecule has 0 radical (unpaired) electrons. The van der Waals surface area contributed by atoms with Crippen molar-refractivity contribution in [3.05, 3.63) is 23.8 Å². The van der Waals surface area contributed by atoms with Gasteiger partial charge in [0.2, 0.25) is 0 Å². The fraction of sp³-hybridized carbons (Fsp3) is 0.667. The Bertz CT molecular complexity index is 493. The van der Waals surface area contributed by atoms with Crippen LogP contribution in [0.2, 0.25) is 0 Å². The molecule has 2 N–H and O–H groups in total. The Balaban J connectivity index is 2.05. The van der Waals surface area contributed by atoms with E-state index in [-0.39, 0.29) is 12.4 Å². The predicted octanol–water partition coefficient (Wildman–Crippen LogP) is 1.93. The van der Waals surface area contributed by atoms with E-state index < -0.39 is 0 Å². The molecular formula is C18H30N2O3. The molecule has 5 nitrogen and oxygen atoms in total. The molecule has 130 valence electrons. The highest BCUT2D eigenvalue weighted by molar-refractivity contribution is 5.43. The Morgan fingerprint density at radius 1 is 1.30 bits per heavy atom. The van der Waals surface area contributed by atoms with Crippen LogP contribution in [0, 0.1) is 5.92 Å². The number of hydrogen-bond acceptors (Lipinski definition) is 5. The Morgan fingerprint density at radius 3 is 2.74 bits per heavy atom. The first kappa shape index (κ1) is 18.0. The van der Waals surface area contributed by atoms with Crippen LogP contribution in [0.3, 0.4) is 0 Å². The number of methoxy groups -OCH3 is 1. The summed E-state index contributed by atoms with van der Waals surface area (Å²) >= 11 is 0. The average molecular weight is 322 g/mol. The first-order valence-corrected chi connectivity index (χ1v) is 8.47. The molecule has 0 amide bonds. The van der Waals surface area contributed by atoms with E-state index in [9.17, 15) is 10.2 Å². The lowest BCUT2D eigenvalue weighted by Gasteiger charge is -2.42.